The van der Waals surface area contributed by atoms with E-state index in [-0.39, 0.29) is 11.9 Å². The van der Waals surface area contributed by atoms with Crippen molar-refractivity contribution in [3.8, 4) is 0 Å². The fourth-order valence-electron chi connectivity index (χ4n) is 2.05. The highest BCUT2D eigenvalue weighted by atomic mass is 19.1. The van der Waals surface area contributed by atoms with Gasteiger partial charge < -0.3 is 10.6 Å². The SMILES string of the molecule is O=C(CCc1cccnc1)NCC1CC(F)CN1. The van der Waals surface area contributed by atoms with Crippen molar-refractivity contribution in [3.05, 3.63) is 30.1 Å². The van der Waals surface area contributed by atoms with Crippen molar-refractivity contribution in [1.29, 1.82) is 0 Å². The van der Waals surface area contributed by atoms with Gasteiger partial charge in [0.2, 0.25) is 5.91 Å². The highest BCUT2D eigenvalue weighted by molar-refractivity contribution is 5.76. The van der Waals surface area contributed by atoms with Crippen LogP contribution in [0.3, 0.4) is 0 Å². The third kappa shape index (κ3) is 4.07. The lowest BCUT2D eigenvalue weighted by Gasteiger charge is -2.11. The summed E-state index contributed by atoms with van der Waals surface area (Å²) in [5.74, 6) is 0.00274. The van der Waals surface area contributed by atoms with Crippen molar-refractivity contribution in [3.63, 3.8) is 0 Å². The average molecular weight is 251 g/mol. The van der Waals surface area contributed by atoms with Gasteiger partial charge in [-0.25, -0.2) is 4.39 Å². The van der Waals surface area contributed by atoms with Crippen molar-refractivity contribution in [2.24, 2.45) is 0 Å². The largest absolute Gasteiger partial charge is 0.355 e. The molecule has 1 saturated heterocycles. The Morgan fingerprint density at radius 2 is 2.50 bits per heavy atom. The van der Waals surface area contributed by atoms with Crippen LogP contribution in [0.4, 0.5) is 4.39 Å². The summed E-state index contributed by atoms with van der Waals surface area (Å²) in [5.41, 5.74) is 1.05. The van der Waals surface area contributed by atoms with Crippen LogP contribution in [-0.2, 0) is 11.2 Å². The van der Waals surface area contributed by atoms with E-state index in [9.17, 15) is 9.18 Å². The zero-order chi connectivity index (χ0) is 12.8. The molecule has 0 bridgehead atoms. The summed E-state index contributed by atoms with van der Waals surface area (Å²) in [6.07, 6.45) is 4.31. The molecule has 1 aromatic rings. The van der Waals surface area contributed by atoms with Crippen LogP contribution in [0.1, 0.15) is 18.4 Å². The van der Waals surface area contributed by atoms with Gasteiger partial charge in [0.05, 0.1) is 0 Å². The third-order valence-corrected chi connectivity index (χ3v) is 3.08. The van der Waals surface area contributed by atoms with E-state index in [4.69, 9.17) is 0 Å². The summed E-state index contributed by atoms with van der Waals surface area (Å²) in [6, 6.07) is 3.88. The van der Waals surface area contributed by atoms with E-state index < -0.39 is 6.17 Å². The predicted molar refractivity (Wildman–Crippen MR) is 66.9 cm³/mol. The van der Waals surface area contributed by atoms with E-state index in [0.29, 0.717) is 32.4 Å². The van der Waals surface area contributed by atoms with E-state index in [0.717, 1.165) is 5.56 Å². The number of pyridine rings is 1. The number of rotatable bonds is 5. The van der Waals surface area contributed by atoms with Crippen LogP contribution >= 0.6 is 0 Å². The van der Waals surface area contributed by atoms with Gasteiger partial charge in [-0.05, 0) is 24.5 Å². The number of aryl methyl sites for hydroxylation is 1. The smallest absolute Gasteiger partial charge is 0.220 e. The van der Waals surface area contributed by atoms with Crippen molar-refractivity contribution in [2.45, 2.75) is 31.5 Å². The molecule has 0 aromatic carbocycles. The molecule has 2 unspecified atom stereocenters. The Kier molecular flexibility index (Phi) is 4.64. The Morgan fingerprint density at radius 3 is 3.17 bits per heavy atom. The molecule has 0 saturated carbocycles. The Morgan fingerprint density at radius 1 is 1.61 bits per heavy atom. The monoisotopic (exact) mass is 251 g/mol. The first-order valence-corrected chi connectivity index (χ1v) is 6.27. The predicted octanol–water partition coefficient (Wildman–Crippen LogP) is 0.830. The summed E-state index contributed by atoms with van der Waals surface area (Å²) in [4.78, 5) is 15.6. The molecule has 1 amide bonds. The summed E-state index contributed by atoms with van der Waals surface area (Å²) >= 11 is 0. The zero-order valence-electron chi connectivity index (χ0n) is 10.2. The number of hydrogen-bond donors (Lipinski definition) is 2. The van der Waals surface area contributed by atoms with Crippen molar-refractivity contribution in [2.75, 3.05) is 13.1 Å². The van der Waals surface area contributed by atoms with Gasteiger partial charge in [-0.1, -0.05) is 6.07 Å². The minimum Gasteiger partial charge on any atom is -0.355 e. The maximum Gasteiger partial charge on any atom is 0.220 e. The van der Waals surface area contributed by atoms with Crippen LogP contribution in [0.25, 0.3) is 0 Å². The lowest BCUT2D eigenvalue weighted by molar-refractivity contribution is -0.121. The van der Waals surface area contributed by atoms with Crippen LogP contribution in [0.2, 0.25) is 0 Å². The highest BCUT2D eigenvalue weighted by Gasteiger charge is 2.23. The number of alkyl halides is 1. The number of halogens is 1. The average Bonchev–Trinajstić information content (AvgIpc) is 2.81. The first-order chi connectivity index (χ1) is 8.74. The van der Waals surface area contributed by atoms with E-state index in [1.165, 1.54) is 0 Å². The van der Waals surface area contributed by atoms with Gasteiger partial charge in [0.25, 0.3) is 0 Å². The molecule has 0 aliphatic carbocycles. The molecule has 2 rings (SSSR count). The molecule has 18 heavy (non-hydrogen) atoms. The van der Waals surface area contributed by atoms with E-state index in [2.05, 4.69) is 15.6 Å². The molecule has 5 heteroatoms. The van der Waals surface area contributed by atoms with Gasteiger partial charge >= 0.3 is 0 Å². The van der Waals surface area contributed by atoms with Gasteiger partial charge in [0.15, 0.2) is 0 Å². The Labute approximate surface area is 106 Å². The van der Waals surface area contributed by atoms with Crippen molar-refractivity contribution in [1.82, 2.24) is 15.6 Å². The summed E-state index contributed by atoms with van der Waals surface area (Å²) < 4.78 is 12.9. The lowest BCUT2D eigenvalue weighted by atomic mass is 10.1. The minimum absolute atomic E-state index is 0.00274. The Bertz CT molecular complexity index is 385. The molecule has 4 nitrogen and oxygen atoms in total. The fraction of sp³-hybridized carbons (Fsp3) is 0.538. The first kappa shape index (κ1) is 13.0. The van der Waals surface area contributed by atoms with Gasteiger partial charge in [-0.3, -0.25) is 9.78 Å². The summed E-state index contributed by atoms with van der Waals surface area (Å²) in [7, 11) is 0. The summed E-state index contributed by atoms with van der Waals surface area (Å²) in [5, 5.41) is 5.86. The molecule has 0 spiro atoms. The molecule has 1 fully saturated rings. The topological polar surface area (TPSA) is 54.0 Å². The number of amides is 1. The van der Waals surface area contributed by atoms with Crippen LogP contribution in [0.5, 0.6) is 0 Å². The maximum absolute atomic E-state index is 12.9. The van der Waals surface area contributed by atoms with Crippen molar-refractivity contribution < 1.29 is 9.18 Å². The normalized spacial score (nSPS) is 22.9. The van der Waals surface area contributed by atoms with Gasteiger partial charge in [-0.15, -0.1) is 0 Å². The Hall–Kier alpha value is -1.49. The molecular weight excluding hydrogens is 233 g/mol. The van der Waals surface area contributed by atoms with E-state index in [1.807, 2.05) is 12.1 Å². The van der Waals surface area contributed by atoms with Crippen LogP contribution in [0.15, 0.2) is 24.5 Å². The van der Waals surface area contributed by atoms with E-state index in [1.54, 1.807) is 12.4 Å². The maximum atomic E-state index is 12.9. The minimum atomic E-state index is -0.776. The number of carbonyl (C=O) groups is 1. The Balaban J connectivity index is 1.63. The van der Waals surface area contributed by atoms with E-state index >= 15 is 0 Å². The first-order valence-electron chi connectivity index (χ1n) is 6.27. The highest BCUT2D eigenvalue weighted by Crippen LogP contribution is 2.08. The number of aromatic nitrogens is 1. The molecule has 2 N–H and O–H groups in total. The zero-order valence-corrected chi connectivity index (χ0v) is 10.2. The number of nitrogens with zero attached hydrogens (tertiary/aromatic N) is 1. The molecule has 98 valence electrons. The second-order valence-electron chi connectivity index (χ2n) is 4.60. The van der Waals surface area contributed by atoms with Crippen LogP contribution in [-0.4, -0.2) is 36.2 Å². The second kappa shape index (κ2) is 6.44. The number of hydrogen-bond acceptors (Lipinski definition) is 3. The van der Waals surface area contributed by atoms with Crippen LogP contribution < -0.4 is 10.6 Å². The summed E-state index contributed by atoms with van der Waals surface area (Å²) in [6.45, 7) is 0.905. The lowest BCUT2D eigenvalue weighted by Crippen LogP contribution is -2.37. The second-order valence-corrected chi connectivity index (χ2v) is 4.60. The quantitative estimate of drug-likeness (QED) is 0.815. The standard InChI is InChI=1S/C13H18FN3O/c14-11-6-12(16-8-11)9-17-13(18)4-3-10-2-1-5-15-7-10/h1-2,5,7,11-12,16H,3-4,6,8-9H2,(H,17,18). The molecule has 0 radical (unpaired) electrons. The molecular formula is C13H18FN3O. The number of nitrogens with one attached hydrogen (secondary N) is 2. The van der Waals surface area contributed by atoms with Gasteiger partial charge in [-0.2, -0.15) is 0 Å². The molecule has 1 aromatic heterocycles. The molecule has 2 heterocycles. The number of carbonyl (C=O) groups excluding carboxylic acids is 1. The molecule has 1 aliphatic rings. The van der Waals surface area contributed by atoms with Crippen LogP contribution in [0, 0.1) is 0 Å². The van der Waals surface area contributed by atoms with Gasteiger partial charge in [0.1, 0.15) is 6.17 Å². The van der Waals surface area contributed by atoms with Crippen molar-refractivity contribution >= 4 is 5.91 Å². The third-order valence-electron chi connectivity index (χ3n) is 3.08. The fourth-order valence-corrected chi connectivity index (χ4v) is 2.05. The molecule has 1 aliphatic heterocycles. The molecule has 2 atom stereocenters. The van der Waals surface area contributed by atoms with Gasteiger partial charge in [0, 0.05) is 37.9 Å².